The fraction of sp³-hybridized carbons (Fsp3) is 0.368. The van der Waals surface area contributed by atoms with Gasteiger partial charge < -0.3 is 10.1 Å². The number of fused-ring (bicyclic) bond motifs is 1. The number of nitrogens with one attached hydrogen (secondary N) is 1. The lowest BCUT2D eigenvalue weighted by atomic mass is 10.1. The van der Waals surface area contributed by atoms with Gasteiger partial charge in [-0.1, -0.05) is 6.07 Å². The lowest BCUT2D eigenvalue weighted by molar-refractivity contribution is -0.139. The molecule has 0 unspecified atom stereocenters. The molecule has 0 spiro atoms. The molecule has 1 N–H and O–H groups in total. The second-order valence-corrected chi connectivity index (χ2v) is 6.98. The molecule has 0 atom stereocenters. The Bertz CT molecular complexity index is 1010. The van der Waals surface area contributed by atoms with Crippen LogP contribution >= 0.6 is 0 Å². The molecule has 29 heavy (non-hydrogen) atoms. The van der Waals surface area contributed by atoms with Crippen molar-refractivity contribution in [2.24, 2.45) is 0 Å². The van der Waals surface area contributed by atoms with Crippen molar-refractivity contribution in [2.45, 2.75) is 37.5 Å². The monoisotopic (exact) mass is 405 g/mol. The molecule has 1 aliphatic rings. The zero-order valence-electron chi connectivity index (χ0n) is 15.3. The molecule has 0 aromatic carbocycles. The van der Waals surface area contributed by atoms with Crippen molar-refractivity contribution in [3.05, 3.63) is 48.0 Å². The summed E-state index contributed by atoms with van der Waals surface area (Å²) in [4.78, 5) is 19.4. The summed E-state index contributed by atoms with van der Waals surface area (Å²) in [5.74, 6) is 0.144. The van der Waals surface area contributed by atoms with Gasteiger partial charge >= 0.3 is 6.18 Å². The first-order valence-electron chi connectivity index (χ1n) is 9.07. The van der Waals surface area contributed by atoms with Crippen molar-refractivity contribution in [1.82, 2.24) is 25.1 Å². The number of alkyl halides is 3. The number of hydrogen-bond acceptors (Lipinski definition) is 5. The molecule has 1 saturated carbocycles. The van der Waals surface area contributed by atoms with Crippen LogP contribution in [0.4, 0.5) is 13.2 Å². The lowest BCUT2D eigenvalue weighted by Crippen LogP contribution is -2.28. The predicted octanol–water partition coefficient (Wildman–Crippen LogP) is 2.94. The maximum absolute atomic E-state index is 12.2. The lowest BCUT2D eigenvalue weighted by Gasteiger charge is -2.13. The van der Waals surface area contributed by atoms with Gasteiger partial charge in [0.05, 0.1) is 36.3 Å². The highest BCUT2D eigenvalue weighted by Gasteiger charge is 2.46. The third-order valence-corrected chi connectivity index (χ3v) is 4.80. The summed E-state index contributed by atoms with van der Waals surface area (Å²) in [6, 6.07) is 5.08. The average Bonchev–Trinajstić information content (AvgIpc) is 3.33. The molecule has 152 valence electrons. The van der Waals surface area contributed by atoms with Crippen LogP contribution in [0.1, 0.15) is 30.5 Å². The van der Waals surface area contributed by atoms with Gasteiger partial charge in [-0.05, 0) is 24.5 Å². The number of ether oxygens (including phenoxy) is 1. The Labute approximate surface area is 163 Å². The summed E-state index contributed by atoms with van der Waals surface area (Å²) in [5, 5.41) is 8.28. The van der Waals surface area contributed by atoms with Gasteiger partial charge in [0.1, 0.15) is 0 Å². The van der Waals surface area contributed by atoms with Gasteiger partial charge in [0, 0.05) is 30.0 Å². The normalized spacial score (nSPS) is 15.3. The first-order chi connectivity index (χ1) is 13.9. The fourth-order valence-corrected chi connectivity index (χ4v) is 3.19. The van der Waals surface area contributed by atoms with Crippen molar-refractivity contribution in [2.75, 3.05) is 6.61 Å². The number of carbonyl (C=O) groups is 1. The van der Waals surface area contributed by atoms with E-state index in [0.717, 1.165) is 35.0 Å². The fourth-order valence-electron chi connectivity index (χ4n) is 3.19. The van der Waals surface area contributed by atoms with E-state index in [1.54, 1.807) is 23.1 Å². The number of rotatable bonds is 8. The molecule has 4 rings (SSSR count). The summed E-state index contributed by atoms with van der Waals surface area (Å²) in [5.41, 5.74) is 1.99. The van der Waals surface area contributed by atoms with Crippen LogP contribution in [-0.4, -0.2) is 38.9 Å². The molecule has 0 radical (unpaired) electrons. The largest absolute Gasteiger partial charge is 0.477 e. The SMILES string of the molecule is O=CNC1(c2nccc3nn(Cc4ccc(OCCC(F)(F)F)nc4)cc23)CC1. The molecule has 0 aliphatic heterocycles. The number of carbonyl (C=O) groups excluding carboxylic acids is 1. The third-order valence-electron chi connectivity index (χ3n) is 4.80. The Hall–Kier alpha value is -3.17. The first-order valence-corrected chi connectivity index (χ1v) is 9.07. The van der Waals surface area contributed by atoms with Crippen LogP contribution in [0.2, 0.25) is 0 Å². The van der Waals surface area contributed by atoms with E-state index in [2.05, 4.69) is 20.4 Å². The van der Waals surface area contributed by atoms with Crippen molar-refractivity contribution in [3.8, 4) is 5.88 Å². The maximum atomic E-state index is 12.2. The molecule has 7 nitrogen and oxygen atoms in total. The third kappa shape index (κ3) is 4.30. The van der Waals surface area contributed by atoms with Gasteiger partial charge in [0.15, 0.2) is 0 Å². The molecule has 0 saturated heterocycles. The molecule has 3 heterocycles. The van der Waals surface area contributed by atoms with E-state index in [4.69, 9.17) is 4.74 Å². The number of aromatic nitrogens is 4. The van der Waals surface area contributed by atoms with Crippen LogP contribution in [0, 0.1) is 0 Å². The molecule has 1 aliphatic carbocycles. The van der Waals surface area contributed by atoms with E-state index >= 15 is 0 Å². The molecule has 0 bridgehead atoms. The minimum atomic E-state index is -4.25. The van der Waals surface area contributed by atoms with Crippen molar-refractivity contribution < 1.29 is 22.7 Å². The number of halogens is 3. The molecule has 1 amide bonds. The Morgan fingerprint density at radius 2 is 2.07 bits per heavy atom. The van der Waals surface area contributed by atoms with Crippen LogP contribution in [0.3, 0.4) is 0 Å². The minimum absolute atomic E-state index is 0.144. The maximum Gasteiger partial charge on any atom is 0.392 e. The molecule has 3 aromatic heterocycles. The van der Waals surface area contributed by atoms with Crippen LogP contribution < -0.4 is 10.1 Å². The summed E-state index contributed by atoms with van der Waals surface area (Å²) < 4.78 is 43.3. The van der Waals surface area contributed by atoms with Crippen LogP contribution in [0.15, 0.2) is 36.8 Å². The zero-order chi connectivity index (χ0) is 20.5. The Kier molecular flexibility index (Phi) is 4.85. The van der Waals surface area contributed by atoms with Crippen LogP contribution in [0.5, 0.6) is 5.88 Å². The zero-order valence-corrected chi connectivity index (χ0v) is 15.3. The van der Waals surface area contributed by atoms with E-state index < -0.39 is 24.7 Å². The number of pyridine rings is 2. The number of nitrogens with zero attached hydrogens (tertiary/aromatic N) is 4. The molecular formula is C19H18F3N5O2. The van der Waals surface area contributed by atoms with E-state index in [0.29, 0.717) is 13.0 Å². The molecule has 10 heteroatoms. The van der Waals surface area contributed by atoms with Gasteiger partial charge in [0.2, 0.25) is 12.3 Å². The first kappa shape index (κ1) is 19.2. The van der Waals surface area contributed by atoms with Gasteiger partial charge in [-0.3, -0.25) is 14.5 Å². The summed E-state index contributed by atoms with van der Waals surface area (Å²) in [6.45, 7) is -0.0369. The highest BCUT2D eigenvalue weighted by Crippen LogP contribution is 2.46. The minimum Gasteiger partial charge on any atom is -0.477 e. The van der Waals surface area contributed by atoms with E-state index in [1.807, 2.05) is 12.3 Å². The molecular weight excluding hydrogens is 387 g/mol. The Morgan fingerprint density at radius 1 is 1.24 bits per heavy atom. The van der Waals surface area contributed by atoms with Crippen molar-refractivity contribution >= 4 is 17.3 Å². The van der Waals surface area contributed by atoms with Gasteiger partial charge in [-0.25, -0.2) is 4.98 Å². The number of amides is 1. The summed E-state index contributed by atoms with van der Waals surface area (Å²) in [6.07, 6.45) is 2.19. The van der Waals surface area contributed by atoms with Crippen molar-refractivity contribution in [1.29, 1.82) is 0 Å². The highest BCUT2D eigenvalue weighted by atomic mass is 19.4. The van der Waals surface area contributed by atoms with Gasteiger partial charge in [-0.15, -0.1) is 0 Å². The second kappa shape index (κ2) is 7.34. The van der Waals surface area contributed by atoms with E-state index in [-0.39, 0.29) is 5.88 Å². The van der Waals surface area contributed by atoms with E-state index in [9.17, 15) is 18.0 Å². The Morgan fingerprint density at radius 3 is 2.72 bits per heavy atom. The second-order valence-electron chi connectivity index (χ2n) is 6.98. The van der Waals surface area contributed by atoms with E-state index in [1.165, 1.54) is 6.07 Å². The van der Waals surface area contributed by atoms with Gasteiger partial charge in [-0.2, -0.15) is 18.3 Å². The average molecular weight is 405 g/mol. The standard InChI is InChI=1S/C19H18F3N5O2/c20-19(21,22)6-8-29-16-2-1-13(9-24-16)10-27-11-14-15(26-27)3-7-23-17(14)18(4-5-18)25-12-28/h1-3,7,9,11-12H,4-6,8,10H2,(H,25,28). The number of hydrogen-bond donors (Lipinski definition) is 1. The molecule has 1 fully saturated rings. The summed E-state index contributed by atoms with van der Waals surface area (Å²) in [7, 11) is 0. The highest BCUT2D eigenvalue weighted by molar-refractivity contribution is 5.82. The molecule has 3 aromatic rings. The Balaban J connectivity index is 1.46. The van der Waals surface area contributed by atoms with Gasteiger partial charge in [0.25, 0.3) is 0 Å². The topological polar surface area (TPSA) is 81.9 Å². The predicted molar refractivity (Wildman–Crippen MR) is 97.1 cm³/mol. The quantitative estimate of drug-likeness (QED) is 0.583. The van der Waals surface area contributed by atoms with Crippen LogP contribution in [-0.2, 0) is 16.9 Å². The summed E-state index contributed by atoms with van der Waals surface area (Å²) >= 11 is 0. The van der Waals surface area contributed by atoms with Crippen molar-refractivity contribution in [3.63, 3.8) is 0 Å². The van der Waals surface area contributed by atoms with Crippen LogP contribution in [0.25, 0.3) is 10.9 Å². The smallest absolute Gasteiger partial charge is 0.392 e.